The quantitative estimate of drug-likeness (QED) is 0.806. The van der Waals surface area contributed by atoms with Gasteiger partial charge < -0.3 is 10.5 Å². The first-order chi connectivity index (χ1) is 7.59. The Kier molecular flexibility index (Phi) is 5.29. The zero-order valence-electron chi connectivity index (χ0n) is 9.28. The molecule has 1 atom stereocenters. The van der Waals surface area contributed by atoms with Crippen molar-refractivity contribution in [1.29, 1.82) is 0 Å². The van der Waals surface area contributed by atoms with Crippen LogP contribution in [-0.2, 0) is 16.1 Å². The monoisotopic (exact) mass is 241 g/mol. The Morgan fingerprint density at radius 3 is 2.81 bits per heavy atom. The summed E-state index contributed by atoms with van der Waals surface area (Å²) in [6.45, 7) is 2.08. The summed E-state index contributed by atoms with van der Waals surface area (Å²) in [6, 6.07) is 7.32. The number of benzene rings is 1. The first-order valence-corrected chi connectivity index (χ1v) is 5.62. The van der Waals surface area contributed by atoms with E-state index in [0.717, 1.165) is 5.56 Å². The number of halogens is 1. The number of nitrogens with two attached hydrogens (primary N) is 1. The molecule has 0 amide bonds. The fourth-order valence-corrected chi connectivity index (χ4v) is 1.38. The molecule has 0 heterocycles. The predicted molar refractivity (Wildman–Crippen MR) is 64.1 cm³/mol. The lowest BCUT2D eigenvalue weighted by atomic mass is 10.2. The molecule has 88 valence electrons. The van der Waals surface area contributed by atoms with Gasteiger partial charge in [0.25, 0.3) is 0 Å². The molecule has 0 saturated carbocycles. The Morgan fingerprint density at radius 1 is 1.50 bits per heavy atom. The van der Waals surface area contributed by atoms with Crippen molar-refractivity contribution in [1.82, 2.24) is 0 Å². The maximum Gasteiger partial charge on any atom is 0.306 e. The van der Waals surface area contributed by atoms with Crippen LogP contribution in [0.2, 0.25) is 5.02 Å². The van der Waals surface area contributed by atoms with Crippen LogP contribution in [0.3, 0.4) is 0 Å². The van der Waals surface area contributed by atoms with Crippen LogP contribution >= 0.6 is 11.6 Å². The van der Waals surface area contributed by atoms with Crippen LogP contribution in [0.1, 0.15) is 25.3 Å². The number of hydrogen-bond acceptors (Lipinski definition) is 3. The molecular formula is C12H16ClNO2. The van der Waals surface area contributed by atoms with E-state index in [1.54, 1.807) is 6.07 Å². The third kappa shape index (κ3) is 4.64. The van der Waals surface area contributed by atoms with Gasteiger partial charge in [-0.1, -0.05) is 29.8 Å². The maximum absolute atomic E-state index is 11.3. The molecule has 1 aromatic rings. The van der Waals surface area contributed by atoms with Gasteiger partial charge in [-0.2, -0.15) is 0 Å². The molecular weight excluding hydrogens is 226 g/mol. The molecule has 16 heavy (non-hydrogen) atoms. The van der Waals surface area contributed by atoms with Crippen LogP contribution in [0.25, 0.3) is 0 Å². The topological polar surface area (TPSA) is 52.3 Å². The number of ether oxygens (including phenoxy) is 1. The Balaban J connectivity index is 2.35. The molecule has 0 bridgehead atoms. The zero-order chi connectivity index (χ0) is 12.0. The van der Waals surface area contributed by atoms with Crippen LogP contribution in [0.15, 0.2) is 24.3 Å². The number of esters is 1. The highest BCUT2D eigenvalue weighted by molar-refractivity contribution is 6.31. The molecule has 1 unspecified atom stereocenters. The van der Waals surface area contributed by atoms with Gasteiger partial charge in [-0.3, -0.25) is 4.79 Å². The molecule has 1 aromatic carbocycles. The van der Waals surface area contributed by atoms with E-state index in [0.29, 0.717) is 17.9 Å². The second-order valence-corrected chi connectivity index (χ2v) is 4.18. The summed E-state index contributed by atoms with van der Waals surface area (Å²) in [4.78, 5) is 11.3. The maximum atomic E-state index is 11.3. The van der Waals surface area contributed by atoms with Gasteiger partial charge in [0.2, 0.25) is 0 Å². The second kappa shape index (κ2) is 6.51. The van der Waals surface area contributed by atoms with Gasteiger partial charge in [0.1, 0.15) is 6.61 Å². The summed E-state index contributed by atoms with van der Waals surface area (Å²) in [5.74, 6) is -0.239. The molecule has 3 nitrogen and oxygen atoms in total. The molecule has 0 spiro atoms. The van der Waals surface area contributed by atoms with Gasteiger partial charge in [-0.15, -0.1) is 0 Å². The van der Waals surface area contributed by atoms with Gasteiger partial charge in [0.15, 0.2) is 0 Å². The van der Waals surface area contributed by atoms with E-state index in [9.17, 15) is 4.79 Å². The van der Waals surface area contributed by atoms with Crippen molar-refractivity contribution in [2.24, 2.45) is 5.73 Å². The van der Waals surface area contributed by atoms with Crippen molar-refractivity contribution < 1.29 is 9.53 Å². The first kappa shape index (κ1) is 13.0. The van der Waals surface area contributed by atoms with Crippen molar-refractivity contribution in [2.75, 3.05) is 0 Å². The molecule has 0 aromatic heterocycles. The minimum Gasteiger partial charge on any atom is -0.461 e. The van der Waals surface area contributed by atoms with Crippen molar-refractivity contribution in [3.8, 4) is 0 Å². The van der Waals surface area contributed by atoms with Crippen LogP contribution in [0.5, 0.6) is 0 Å². The molecule has 0 radical (unpaired) electrons. The lowest BCUT2D eigenvalue weighted by Gasteiger charge is -2.07. The van der Waals surface area contributed by atoms with Gasteiger partial charge in [-0.25, -0.2) is 0 Å². The number of hydrogen-bond donors (Lipinski definition) is 1. The molecule has 4 heteroatoms. The lowest BCUT2D eigenvalue weighted by Crippen LogP contribution is -2.17. The largest absolute Gasteiger partial charge is 0.461 e. The van der Waals surface area contributed by atoms with E-state index < -0.39 is 0 Å². The lowest BCUT2D eigenvalue weighted by molar-refractivity contribution is -0.145. The average molecular weight is 242 g/mol. The fourth-order valence-electron chi connectivity index (χ4n) is 1.19. The summed E-state index contributed by atoms with van der Waals surface area (Å²) in [5, 5.41) is 0.613. The second-order valence-electron chi connectivity index (χ2n) is 3.77. The van der Waals surface area contributed by atoms with E-state index in [-0.39, 0.29) is 18.6 Å². The van der Waals surface area contributed by atoms with Crippen LogP contribution in [0, 0.1) is 0 Å². The number of rotatable bonds is 5. The summed E-state index contributed by atoms with van der Waals surface area (Å²) in [6.07, 6.45) is 0.990. The van der Waals surface area contributed by atoms with Crippen molar-refractivity contribution >= 4 is 17.6 Å². The molecule has 0 saturated heterocycles. The zero-order valence-corrected chi connectivity index (χ0v) is 10.0. The Labute approximate surface area is 101 Å². The molecule has 1 rings (SSSR count). The van der Waals surface area contributed by atoms with Crippen LogP contribution in [-0.4, -0.2) is 12.0 Å². The SMILES string of the molecule is CC(N)CCC(=O)OCc1ccccc1Cl. The molecule has 0 aliphatic heterocycles. The van der Waals surface area contributed by atoms with E-state index in [2.05, 4.69) is 0 Å². The molecule has 0 aliphatic rings. The van der Waals surface area contributed by atoms with Crippen molar-refractivity contribution in [3.63, 3.8) is 0 Å². The normalized spacial score (nSPS) is 12.2. The molecule has 2 N–H and O–H groups in total. The summed E-state index contributed by atoms with van der Waals surface area (Å²) < 4.78 is 5.08. The molecule has 0 aliphatic carbocycles. The fraction of sp³-hybridized carbons (Fsp3) is 0.417. The van der Waals surface area contributed by atoms with Gasteiger partial charge in [-0.05, 0) is 19.4 Å². The van der Waals surface area contributed by atoms with Crippen molar-refractivity contribution in [2.45, 2.75) is 32.4 Å². The smallest absolute Gasteiger partial charge is 0.306 e. The van der Waals surface area contributed by atoms with Crippen molar-refractivity contribution in [3.05, 3.63) is 34.9 Å². The van der Waals surface area contributed by atoms with Gasteiger partial charge in [0.05, 0.1) is 0 Å². The van der Waals surface area contributed by atoms with E-state index >= 15 is 0 Å². The summed E-state index contributed by atoms with van der Waals surface area (Å²) in [7, 11) is 0. The minimum atomic E-state index is -0.239. The van der Waals surface area contributed by atoms with E-state index in [4.69, 9.17) is 22.1 Å². The van der Waals surface area contributed by atoms with E-state index in [1.807, 2.05) is 25.1 Å². The first-order valence-electron chi connectivity index (χ1n) is 5.24. The number of carbonyl (C=O) groups excluding carboxylic acids is 1. The standard InChI is InChI=1S/C12H16ClNO2/c1-9(14)6-7-12(15)16-8-10-4-2-3-5-11(10)13/h2-5,9H,6-8,14H2,1H3. The minimum absolute atomic E-state index is 0.0212. The van der Waals surface area contributed by atoms with Crippen LogP contribution < -0.4 is 5.73 Å². The number of carbonyl (C=O) groups is 1. The van der Waals surface area contributed by atoms with E-state index in [1.165, 1.54) is 0 Å². The highest BCUT2D eigenvalue weighted by Crippen LogP contribution is 2.15. The molecule has 0 fully saturated rings. The van der Waals surface area contributed by atoms with Gasteiger partial charge in [0, 0.05) is 23.0 Å². The summed E-state index contributed by atoms with van der Waals surface area (Å²) >= 11 is 5.92. The predicted octanol–water partition coefficient (Wildman–Crippen LogP) is 2.51. The highest BCUT2D eigenvalue weighted by atomic mass is 35.5. The Morgan fingerprint density at radius 2 is 2.19 bits per heavy atom. The Bertz CT molecular complexity index is 353. The Hall–Kier alpha value is -1.06. The third-order valence-corrected chi connectivity index (χ3v) is 2.52. The average Bonchev–Trinajstić information content (AvgIpc) is 2.25. The summed E-state index contributed by atoms with van der Waals surface area (Å²) in [5.41, 5.74) is 6.36. The van der Waals surface area contributed by atoms with Crippen LogP contribution in [0.4, 0.5) is 0 Å². The highest BCUT2D eigenvalue weighted by Gasteiger charge is 2.06. The van der Waals surface area contributed by atoms with Gasteiger partial charge >= 0.3 is 5.97 Å². The third-order valence-electron chi connectivity index (χ3n) is 2.15.